The summed E-state index contributed by atoms with van der Waals surface area (Å²) in [6, 6.07) is 5.01. The average molecular weight is 400 g/mol. The number of aromatic nitrogens is 1. The summed E-state index contributed by atoms with van der Waals surface area (Å²) in [6.07, 6.45) is -2.92. The third-order valence-corrected chi connectivity index (χ3v) is 6.78. The second kappa shape index (κ2) is 8.00. The number of hydrogen-bond donors (Lipinski definition) is 0. The van der Waals surface area contributed by atoms with Gasteiger partial charge in [0.25, 0.3) is 5.91 Å². The van der Waals surface area contributed by atoms with Gasteiger partial charge in [-0.2, -0.15) is 13.2 Å². The fourth-order valence-corrected chi connectivity index (χ4v) is 5.04. The molecular weight excluding hydrogens is 381 g/mol. The molecule has 1 aromatic carbocycles. The van der Waals surface area contributed by atoms with Gasteiger partial charge in [-0.05, 0) is 37.8 Å². The molecule has 26 heavy (non-hydrogen) atoms. The predicted octanol–water partition coefficient (Wildman–Crippen LogP) is 5.11. The molecule has 0 aliphatic carbocycles. The van der Waals surface area contributed by atoms with Gasteiger partial charge in [-0.1, -0.05) is 23.9 Å². The molecule has 1 amide bonds. The van der Waals surface area contributed by atoms with Crippen molar-refractivity contribution in [3.8, 4) is 0 Å². The summed E-state index contributed by atoms with van der Waals surface area (Å²) in [5.74, 6) is 0.847. The molecule has 2 aromatic rings. The Kier molecular flexibility index (Phi) is 5.92. The summed E-state index contributed by atoms with van der Waals surface area (Å²) in [5, 5.41) is 2.02. The molecule has 0 unspecified atom stereocenters. The molecule has 1 aromatic heterocycles. The lowest BCUT2D eigenvalue weighted by atomic mass is 9.97. The molecule has 140 valence electrons. The Morgan fingerprint density at radius 1 is 1.31 bits per heavy atom. The number of thioether (sulfide) groups is 1. The Morgan fingerprint density at radius 2 is 2.00 bits per heavy atom. The van der Waals surface area contributed by atoms with E-state index in [-0.39, 0.29) is 5.56 Å². The van der Waals surface area contributed by atoms with Crippen LogP contribution in [0.25, 0.3) is 0 Å². The van der Waals surface area contributed by atoms with Crippen LogP contribution < -0.4 is 0 Å². The summed E-state index contributed by atoms with van der Waals surface area (Å²) in [6.45, 7) is 2.95. The van der Waals surface area contributed by atoms with Crippen molar-refractivity contribution in [2.75, 3.05) is 18.8 Å². The van der Waals surface area contributed by atoms with Crippen LogP contribution in [0, 0.1) is 12.8 Å². The first-order valence-electron chi connectivity index (χ1n) is 8.35. The van der Waals surface area contributed by atoms with Crippen LogP contribution in [0.1, 0.15) is 34.5 Å². The van der Waals surface area contributed by atoms with Gasteiger partial charge in [0.05, 0.1) is 11.1 Å². The van der Waals surface area contributed by atoms with Crippen LogP contribution >= 0.6 is 23.1 Å². The van der Waals surface area contributed by atoms with Crippen molar-refractivity contribution in [3.63, 3.8) is 0 Å². The second-order valence-electron chi connectivity index (χ2n) is 6.34. The lowest BCUT2D eigenvalue weighted by Gasteiger charge is -2.32. The highest BCUT2D eigenvalue weighted by atomic mass is 32.2. The molecule has 0 bridgehead atoms. The molecule has 3 nitrogen and oxygen atoms in total. The third kappa shape index (κ3) is 4.59. The third-order valence-electron chi connectivity index (χ3n) is 4.41. The quantitative estimate of drug-likeness (QED) is 0.669. The van der Waals surface area contributed by atoms with Gasteiger partial charge in [0.15, 0.2) is 0 Å². The van der Waals surface area contributed by atoms with E-state index in [0.29, 0.717) is 19.0 Å². The van der Waals surface area contributed by atoms with Gasteiger partial charge in [-0.3, -0.25) is 4.79 Å². The SMILES string of the molecule is Cc1csc(SCC2CCN(C(=O)c3ccccc3C(F)(F)F)CC2)n1. The minimum absolute atomic E-state index is 0.258. The lowest BCUT2D eigenvalue weighted by molar-refractivity contribution is -0.138. The fourth-order valence-electron chi connectivity index (χ4n) is 2.98. The normalized spacial score (nSPS) is 16.1. The van der Waals surface area contributed by atoms with E-state index >= 15 is 0 Å². The van der Waals surface area contributed by atoms with Crippen molar-refractivity contribution in [1.29, 1.82) is 0 Å². The van der Waals surface area contributed by atoms with Crippen molar-refractivity contribution in [1.82, 2.24) is 9.88 Å². The molecule has 0 radical (unpaired) electrons. The van der Waals surface area contributed by atoms with Crippen LogP contribution in [0.2, 0.25) is 0 Å². The van der Waals surface area contributed by atoms with E-state index in [0.717, 1.165) is 34.7 Å². The van der Waals surface area contributed by atoms with Gasteiger partial charge >= 0.3 is 6.18 Å². The maximum atomic E-state index is 13.1. The van der Waals surface area contributed by atoms with Gasteiger partial charge in [-0.15, -0.1) is 11.3 Å². The molecule has 1 saturated heterocycles. The first kappa shape index (κ1) is 19.2. The van der Waals surface area contributed by atoms with Crippen LogP contribution in [0.15, 0.2) is 34.0 Å². The zero-order chi connectivity index (χ0) is 18.7. The number of nitrogens with zero attached hydrogens (tertiary/aromatic N) is 2. The Balaban J connectivity index is 1.57. The molecule has 0 saturated carbocycles. The van der Waals surface area contributed by atoms with E-state index in [4.69, 9.17) is 0 Å². The number of alkyl halides is 3. The van der Waals surface area contributed by atoms with E-state index in [1.54, 1.807) is 28.0 Å². The van der Waals surface area contributed by atoms with Crippen LogP contribution in [0.4, 0.5) is 13.2 Å². The van der Waals surface area contributed by atoms with Crippen LogP contribution in [0.5, 0.6) is 0 Å². The highest BCUT2D eigenvalue weighted by Gasteiger charge is 2.36. The van der Waals surface area contributed by atoms with Crippen molar-refractivity contribution >= 4 is 29.0 Å². The number of aryl methyl sites for hydroxylation is 1. The maximum absolute atomic E-state index is 13.1. The minimum Gasteiger partial charge on any atom is -0.339 e. The monoisotopic (exact) mass is 400 g/mol. The van der Waals surface area contributed by atoms with Gasteiger partial charge < -0.3 is 4.90 Å². The molecular formula is C18H19F3N2OS2. The molecule has 0 spiro atoms. The van der Waals surface area contributed by atoms with E-state index in [1.165, 1.54) is 18.2 Å². The van der Waals surface area contributed by atoms with Gasteiger partial charge in [0, 0.05) is 29.9 Å². The number of carbonyl (C=O) groups excluding carboxylic acids is 1. The van der Waals surface area contributed by atoms with Crippen molar-refractivity contribution in [3.05, 3.63) is 46.5 Å². The standard InChI is InChI=1S/C18H19F3N2OS2/c1-12-10-25-17(22-12)26-11-13-6-8-23(9-7-13)16(24)14-4-2-3-5-15(14)18(19,20)21/h2-5,10,13H,6-9,11H2,1H3. The summed E-state index contributed by atoms with van der Waals surface area (Å²) in [4.78, 5) is 18.5. The Labute approximate surface area is 158 Å². The number of carbonyl (C=O) groups is 1. The zero-order valence-electron chi connectivity index (χ0n) is 14.3. The number of hydrogen-bond acceptors (Lipinski definition) is 4. The topological polar surface area (TPSA) is 33.2 Å². The maximum Gasteiger partial charge on any atom is 0.417 e. The number of likely N-dealkylation sites (tertiary alicyclic amines) is 1. The van der Waals surface area contributed by atoms with Gasteiger partial charge in [-0.25, -0.2) is 4.98 Å². The van der Waals surface area contributed by atoms with Crippen molar-refractivity contribution in [2.24, 2.45) is 5.92 Å². The number of benzene rings is 1. The van der Waals surface area contributed by atoms with Crippen molar-refractivity contribution < 1.29 is 18.0 Å². The molecule has 1 aliphatic rings. The second-order valence-corrected chi connectivity index (χ2v) is 8.47. The van der Waals surface area contributed by atoms with Crippen LogP contribution in [0.3, 0.4) is 0 Å². The molecule has 2 heterocycles. The average Bonchev–Trinajstić information content (AvgIpc) is 3.04. The Hall–Kier alpha value is -1.54. The zero-order valence-corrected chi connectivity index (χ0v) is 15.9. The molecule has 1 aliphatic heterocycles. The van der Waals surface area contributed by atoms with Crippen LogP contribution in [-0.4, -0.2) is 34.6 Å². The molecule has 8 heteroatoms. The summed E-state index contributed by atoms with van der Waals surface area (Å²) in [5.41, 5.74) is -0.103. The fraction of sp³-hybridized carbons (Fsp3) is 0.444. The van der Waals surface area contributed by atoms with E-state index in [1.807, 2.05) is 12.3 Å². The number of halogens is 3. The van der Waals surface area contributed by atoms with Crippen LogP contribution in [-0.2, 0) is 6.18 Å². The van der Waals surface area contributed by atoms with E-state index in [2.05, 4.69) is 4.98 Å². The summed E-state index contributed by atoms with van der Waals surface area (Å²) in [7, 11) is 0. The van der Waals surface area contributed by atoms with Gasteiger partial charge in [0.1, 0.15) is 4.34 Å². The minimum atomic E-state index is -4.52. The Morgan fingerprint density at radius 3 is 2.62 bits per heavy atom. The van der Waals surface area contributed by atoms with E-state index < -0.39 is 17.6 Å². The number of piperidine rings is 1. The molecule has 3 rings (SSSR count). The smallest absolute Gasteiger partial charge is 0.339 e. The van der Waals surface area contributed by atoms with E-state index in [9.17, 15) is 18.0 Å². The largest absolute Gasteiger partial charge is 0.417 e. The lowest BCUT2D eigenvalue weighted by Crippen LogP contribution is -2.39. The molecule has 1 fully saturated rings. The highest BCUT2D eigenvalue weighted by molar-refractivity contribution is 8.01. The van der Waals surface area contributed by atoms with Crippen molar-refractivity contribution in [2.45, 2.75) is 30.3 Å². The number of amides is 1. The Bertz CT molecular complexity index is 768. The number of thiazole rings is 1. The summed E-state index contributed by atoms with van der Waals surface area (Å²) >= 11 is 3.34. The molecule has 0 N–H and O–H groups in total. The van der Waals surface area contributed by atoms with Gasteiger partial charge in [0.2, 0.25) is 0 Å². The first-order chi connectivity index (χ1) is 12.3. The summed E-state index contributed by atoms with van der Waals surface area (Å²) < 4.78 is 40.4. The predicted molar refractivity (Wildman–Crippen MR) is 97.6 cm³/mol. The highest BCUT2D eigenvalue weighted by Crippen LogP contribution is 2.33. The number of rotatable bonds is 4. The first-order valence-corrected chi connectivity index (χ1v) is 10.2. The molecule has 0 atom stereocenters.